The molecule has 0 amide bonds. The van der Waals surface area contributed by atoms with E-state index in [1.54, 1.807) is 13.2 Å². The molecule has 0 spiro atoms. The molecule has 2 aromatic rings. The van der Waals surface area contributed by atoms with Crippen molar-refractivity contribution in [3.05, 3.63) is 57.8 Å². The van der Waals surface area contributed by atoms with Crippen molar-refractivity contribution in [1.82, 2.24) is 0 Å². The lowest BCUT2D eigenvalue weighted by atomic mass is 10.1. The number of hydrogen-bond acceptors (Lipinski definition) is 3. The first-order valence-electron chi connectivity index (χ1n) is 6.51. The minimum Gasteiger partial charge on any atom is -0.497 e. The Kier molecular flexibility index (Phi) is 5.20. The Morgan fingerprint density at radius 1 is 1.24 bits per heavy atom. The van der Waals surface area contributed by atoms with Crippen LogP contribution in [0.4, 0.5) is 4.39 Å². The van der Waals surface area contributed by atoms with Gasteiger partial charge in [-0.2, -0.15) is 0 Å². The van der Waals surface area contributed by atoms with E-state index in [1.165, 1.54) is 12.1 Å². The van der Waals surface area contributed by atoms with E-state index in [0.29, 0.717) is 16.0 Å². The third kappa shape index (κ3) is 4.19. The van der Waals surface area contributed by atoms with E-state index in [4.69, 9.17) is 15.2 Å². The third-order valence-corrected chi connectivity index (χ3v) is 3.49. The Morgan fingerprint density at radius 3 is 2.62 bits per heavy atom. The number of methoxy groups -OCH3 is 1. The lowest BCUT2D eigenvalue weighted by molar-refractivity contribution is 0.298. The van der Waals surface area contributed by atoms with E-state index in [9.17, 15) is 4.39 Å². The minimum absolute atomic E-state index is 0.162. The van der Waals surface area contributed by atoms with Crippen LogP contribution in [0.2, 0.25) is 0 Å². The standard InChI is InChI=1S/C16H17BrFNO2/c1-10(19)15-4-3-14(20-2)8-16(15)21-9-11-5-12(17)7-13(18)6-11/h3-8,10H,9,19H2,1-2H3/t10-/m1/s1. The summed E-state index contributed by atoms with van der Waals surface area (Å²) in [6.45, 7) is 2.14. The van der Waals surface area contributed by atoms with Gasteiger partial charge in [-0.1, -0.05) is 22.0 Å². The lowest BCUT2D eigenvalue weighted by Gasteiger charge is -2.15. The summed E-state index contributed by atoms with van der Waals surface area (Å²) in [4.78, 5) is 0. The summed E-state index contributed by atoms with van der Waals surface area (Å²) in [6.07, 6.45) is 0. The maximum absolute atomic E-state index is 13.4. The normalized spacial score (nSPS) is 12.0. The SMILES string of the molecule is COc1ccc([C@@H](C)N)c(OCc2cc(F)cc(Br)c2)c1. The molecule has 0 bridgehead atoms. The first-order chi connectivity index (χ1) is 9.99. The van der Waals surface area contributed by atoms with Crippen LogP contribution in [0, 0.1) is 5.82 Å². The predicted octanol–water partition coefficient (Wildman–Crippen LogP) is 4.20. The number of halogens is 2. The van der Waals surface area contributed by atoms with Crippen LogP contribution >= 0.6 is 15.9 Å². The molecular weight excluding hydrogens is 337 g/mol. The highest BCUT2D eigenvalue weighted by atomic mass is 79.9. The Hall–Kier alpha value is -1.59. The second-order valence-electron chi connectivity index (χ2n) is 4.76. The van der Waals surface area contributed by atoms with Crippen LogP contribution in [-0.2, 0) is 6.61 Å². The van der Waals surface area contributed by atoms with Crippen molar-refractivity contribution in [2.45, 2.75) is 19.6 Å². The Bertz CT molecular complexity index is 611. The highest BCUT2D eigenvalue weighted by Crippen LogP contribution is 2.29. The number of hydrogen-bond donors (Lipinski definition) is 1. The summed E-state index contributed by atoms with van der Waals surface area (Å²) in [6, 6.07) is 10.00. The molecule has 0 aliphatic rings. The molecule has 0 aliphatic heterocycles. The largest absolute Gasteiger partial charge is 0.497 e. The van der Waals surface area contributed by atoms with Crippen LogP contribution in [0.15, 0.2) is 40.9 Å². The van der Waals surface area contributed by atoms with E-state index in [-0.39, 0.29) is 18.5 Å². The van der Waals surface area contributed by atoms with E-state index in [0.717, 1.165) is 11.1 Å². The summed E-state index contributed by atoms with van der Waals surface area (Å²) < 4.78 is 25.0. The summed E-state index contributed by atoms with van der Waals surface area (Å²) in [5.41, 5.74) is 7.55. The molecule has 1 atom stereocenters. The van der Waals surface area contributed by atoms with E-state index < -0.39 is 0 Å². The van der Waals surface area contributed by atoms with Gasteiger partial charge in [0, 0.05) is 22.1 Å². The summed E-state index contributed by atoms with van der Waals surface area (Å²) in [5, 5.41) is 0. The summed E-state index contributed by atoms with van der Waals surface area (Å²) in [5.74, 6) is 1.03. The number of nitrogens with two attached hydrogens (primary N) is 1. The molecule has 2 N–H and O–H groups in total. The Morgan fingerprint density at radius 2 is 2.00 bits per heavy atom. The molecule has 0 unspecified atom stereocenters. The van der Waals surface area contributed by atoms with Crippen molar-refractivity contribution in [2.75, 3.05) is 7.11 Å². The molecule has 2 aromatic carbocycles. The summed E-state index contributed by atoms with van der Waals surface area (Å²) in [7, 11) is 1.59. The predicted molar refractivity (Wildman–Crippen MR) is 84.0 cm³/mol. The van der Waals surface area contributed by atoms with Gasteiger partial charge in [0.05, 0.1) is 7.11 Å². The average molecular weight is 354 g/mol. The monoisotopic (exact) mass is 353 g/mol. The number of benzene rings is 2. The molecule has 0 fully saturated rings. The highest BCUT2D eigenvalue weighted by Gasteiger charge is 2.10. The number of rotatable bonds is 5. The van der Waals surface area contributed by atoms with Gasteiger partial charge in [-0.3, -0.25) is 0 Å². The molecule has 112 valence electrons. The van der Waals surface area contributed by atoms with Crippen LogP contribution in [0.25, 0.3) is 0 Å². The van der Waals surface area contributed by atoms with Gasteiger partial charge in [0.15, 0.2) is 0 Å². The van der Waals surface area contributed by atoms with Crippen LogP contribution < -0.4 is 15.2 Å². The molecule has 2 rings (SSSR count). The van der Waals surface area contributed by atoms with Gasteiger partial charge in [-0.05, 0) is 36.8 Å². The van der Waals surface area contributed by atoms with Gasteiger partial charge in [0.1, 0.15) is 23.9 Å². The van der Waals surface area contributed by atoms with Gasteiger partial charge >= 0.3 is 0 Å². The zero-order valence-corrected chi connectivity index (χ0v) is 13.5. The minimum atomic E-state index is -0.305. The fraction of sp³-hybridized carbons (Fsp3) is 0.250. The van der Waals surface area contributed by atoms with Crippen molar-refractivity contribution >= 4 is 15.9 Å². The van der Waals surface area contributed by atoms with Gasteiger partial charge in [0.25, 0.3) is 0 Å². The Labute approximate surface area is 132 Å². The fourth-order valence-corrected chi connectivity index (χ4v) is 2.51. The van der Waals surface area contributed by atoms with Crippen molar-refractivity contribution < 1.29 is 13.9 Å². The van der Waals surface area contributed by atoms with Crippen molar-refractivity contribution in [3.63, 3.8) is 0 Å². The zero-order chi connectivity index (χ0) is 15.4. The van der Waals surface area contributed by atoms with E-state index in [2.05, 4.69) is 15.9 Å². The Balaban J connectivity index is 2.21. The molecule has 0 aromatic heterocycles. The second-order valence-corrected chi connectivity index (χ2v) is 5.67. The van der Waals surface area contributed by atoms with Gasteiger partial charge in [-0.25, -0.2) is 4.39 Å². The maximum Gasteiger partial charge on any atom is 0.128 e. The quantitative estimate of drug-likeness (QED) is 0.876. The highest BCUT2D eigenvalue weighted by molar-refractivity contribution is 9.10. The van der Waals surface area contributed by atoms with E-state index in [1.807, 2.05) is 25.1 Å². The first kappa shape index (κ1) is 15.8. The van der Waals surface area contributed by atoms with Crippen molar-refractivity contribution in [2.24, 2.45) is 5.73 Å². The average Bonchev–Trinajstić information content (AvgIpc) is 2.43. The zero-order valence-electron chi connectivity index (χ0n) is 11.9. The maximum atomic E-state index is 13.4. The molecule has 3 nitrogen and oxygen atoms in total. The molecule has 21 heavy (non-hydrogen) atoms. The van der Waals surface area contributed by atoms with Gasteiger partial charge in [-0.15, -0.1) is 0 Å². The molecule has 0 saturated heterocycles. The molecule has 5 heteroatoms. The smallest absolute Gasteiger partial charge is 0.128 e. The topological polar surface area (TPSA) is 44.5 Å². The molecular formula is C16H17BrFNO2. The van der Waals surface area contributed by atoms with Crippen LogP contribution in [0.1, 0.15) is 24.1 Å². The molecule has 0 heterocycles. The van der Waals surface area contributed by atoms with Crippen molar-refractivity contribution in [1.29, 1.82) is 0 Å². The van der Waals surface area contributed by atoms with Gasteiger partial charge < -0.3 is 15.2 Å². The second kappa shape index (κ2) is 6.91. The third-order valence-electron chi connectivity index (χ3n) is 3.03. The van der Waals surface area contributed by atoms with Crippen molar-refractivity contribution in [3.8, 4) is 11.5 Å². The molecule has 0 radical (unpaired) electrons. The van der Waals surface area contributed by atoms with Gasteiger partial charge in [0.2, 0.25) is 0 Å². The number of ether oxygens (including phenoxy) is 2. The fourth-order valence-electron chi connectivity index (χ4n) is 2.00. The van der Waals surface area contributed by atoms with Crippen LogP contribution in [-0.4, -0.2) is 7.11 Å². The van der Waals surface area contributed by atoms with Crippen LogP contribution in [0.3, 0.4) is 0 Å². The molecule has 0 saturated carbocycles. The first-order valence-corrected chi connectivity index (χ1v) is 7.30. The van der Waals surface area contributed by atoms with E-state index >= 15 is 0 Å². The molecule has 0 aliphatic carbocycles. The lowest BCUT2D eigenvalue weighted by Crippen LogP contribution is -2.08. The van der Waals surface area contributed by atoms with Crippen LogP contribution in [0.5, 0.6) is 11.5 Å². The summed E-state index contributed by atoms with van der Waals surface area (Å²) >= 11 is 3.26.